The Hall–Kier alpha value is -2.49. The first-order chi connectivity index (χ1) is 10.1. The van der Waals surface area contributed by atoms with Crippen LogP contribution in [-0.4, -0.2) is 12.5 Å². The standard InChI is InChI=1S/C17H18N2O2/c1-11-10-12(18)6-7-15(11)19-17(20)14-8-9-21-16-5-3-2-4-13(14)16/h2-7,10,14H,8-9,18H2,1H3,(H,19,20). The molecule has 0 aromatic heterocycles. The van der Waals surface area contributed by atoms with Crippen LogP contribution in [0.3, 0.4) is 0 Å². The van der Waals surface area contributed by atoms with Crippen LogP contribution in [0.15, 0.2) is 42.5 Å². The summed E-state index contributed by atoms with van der Waals surface area (Å²) in [7, 11) is 0. The Morgan fingerprint density at radius 3 is 2.90 bits per heavy atom. The van der Waals surface area contributed by atoms with E-state index in [0.717, 1.165) is 22.6 Å². The molecule has 1 aliphatic heterocycles. The summed E-state index contributed by atoms with van der Waals surface area (Å²) in [5, 5.41) is 3.00. The molecule has 1 atom stereocenters. The lowest BCUT2D eigenvalue weighted by Crippen LogP contribution is -2.26. The Morgan fingerprint density at radius 2 is 2.10 bits per heavy atom. The number of nitrogen functional groups attached to an aromatic ring is 1. The second kappa shape index (κ2) is 5.48. The molecule has 1 amide bonds. The molecule has 108 valence electrons. The molecule has 1 heterocycles. The number of benzene rings is 2. The number of carbonyl (C=O) groups excluding carboxylic acids is 1. The van der Waals surface area contributed by atoms with Crippen molar-refractivity contribution >= 4 is 17.3 Å². The number of ether oxygens (including phenoxy) is 1. The van der Waals surface area contributed by atoms with Gasteiger partial charge in [-0.3, -0.25) is 4.79 Å². The molecule has 4 nitrogen and oxygen atoms in total. The predicted octanol–water partition coefficient (Wildman–Crippen LogP) is 3.08. The first kappa shape index (κ1) is 13.5. The molecule has 1 aliphatic rings. The van der Waals surface area contributed by atoms with Gasteiger partial charge in [0.05, 0.1) is 12.5 Å². The largest absolute Gasteiger partial charge is 0.493 e. The smallest absolute Gasteiger partial charge is 0.232 e. The number of hydrogen-bond acceptors (Lipinski definition) is 3. The molecule has 0 saturated carbocycles. The number of nitrogens with two attached hydrogens (primary N) is 1. The van der Waals surface area contributed by atoms with E-state index in [1.54, 1.807) is 6.07 Å². The molecule has 2 aromatic carbocycles. The number of rotatable bonds is 2. The summed E-state index contributed by atoms with van der Waals surface area (Å²) in [5.41, 5.74) is 9.15. The number of hydrogen-bond donors (Lipinski definition) is 2. The Labute approximate surface area is 123 Å². The van der Waals surface area contributed by atoms with Crippen molar-refractivity contribution in [1.82, 2.24) is 0 Å². The van der Waals surface area contributed by atoms with Crippen molar-refractivity contribution in [2.24, 2.45) is 0 Å². The van der Waals surface area contributed by atoms with Gasteiger partial charge in [0.15, 0.2) is 0 Å². The van der Waals surface area contributed by atoms with E-state index in [0.29, 0.717) is 18.7 Å². The lowest BCUT2D eigenvalue weighted by atomic mass is 9.92. The lowest BCUT2D eigenvalue weighted by Gasteiger charge is -2.25. The summed E-state index contributed by atoms with van der Waals surface area (Å²) in [6.07, 6.45) is 0.691. The third-order valence-electron chi connectivity index (χ3n) is 3.78. The van der Waals surface area contributed by atoms with Gasteiger partial charge in [0.2, 0.25) is 5.91 Å². The first-order valence-electron chi connectivity index (χ1n) is 7.04. The summed E-state index contributed by atoms with van der Waals surface area (Å²) < 4.78 is 5.60. The van der Waals surface area contributed by atoms with Gasteiger partial charge in [-0.15, -0.1) is 0 Å². The van der Waals surface area contributed by atoms with Crippen LogP contribution in [0.4, 0.5) is 11.4 Å². The number of amides is 1. The molecular formula is C17H18N2O2. The summed E-state index contributed by atoms with van der Waals surface area (Å²) in [5.74, 6) is 0.628. The quantitative estimate of drug-likeness (QED) is 0.832. The van der Waals surface area contributed by atoms with Gasteiger partial charge in [0.25, 0.3) is 0 Å². The van der Waals surface area contributed by atoms with Gasteiger partial charge in [-0.2, -0.15) is 0 Å². The molecule has 21 heavy (non-hydrogen) atoms. The van der Waals surface area contributed by atoms with Crippen molar-refractivity contribution in [3.8, 4) is 5.75 Å². The maximum absolute atomic E-state index is 12.6. The molecule has 1 unspecified atom stereocenters. The van der Waals surface area contributed by atoms with Gasteiger partial charge in [-0.25, -0.2) is 0 Å². The van der Waals surface area contributed by atoms with Crippen molar-refractivity contribution in [3.63, 3.8) is 0 Å². The van der Waals surface area contributed by atoms with Crippen LogP contribution in [0.2, 0.25) is 0 Å². The van der Waals surface area contributed by atoms with Gasteiger partial charge in [-0.05, 0) is 43.2 Å². The molecule has 0 spiro atoms. The van der Waals surface area contributed by atoms with Crippen molar-refractivity contribution < 1.29 is 9.53 Å². The highest BCUT2D eigenvalue weighted by molar-refractivity contribution is 5.97. The summed E-state index contributed by atoms with van der Waals surface area (Å²) >= 11 is 0. The van der Waals surface area contributed by atoms with Crippen molar-refractivity contribution in [1.29, 1.82) is 0 Å². The monoisotopic (exact) mass is 282 g/mol. The van der Waals surface area contributed by atoms with Crippen LogP contribution >= 0.6 is 0 Å². The van der Waals surface area contributed by atoms with E-state index < -0.39 is 0 Å². The summed E-state index contributed by atoms with van der Waals surface area (Å²) in [4.78, 5) is 12.6. The van der Waals surface area contributed by atoms with E-state index in [1.807, 2.05) is 43.3 Å². The number of aryl methyl sites for hydroxylation is 1. The van der Waals surface area contributed by atoms with Crippen LogP contribution in [0.25, 0.3) is 0 Å². The average molecular weight is 282 g/mol. The molecule has 0 radical (unpaired) electrons. The summed E-state index contributed by atoms with van der Waals surface area (Å²) in [6, 6.07) is 13.2. The normalized spacial score (nSPS) is 16.7. The molecule has 0 saturated heterocycles. The fourth-order valence-corrected chi connectivity index (χ4v) is 2.66. The van der Waals surface area contributed by atoms with Gasteiger partial charge in [0.1, 0.15) is 5.75 Å². The first-order valence-corrected chi connectivity index (χ1v) is 7.04. The Kier molecular flexibility index (Phi) is 3.52. The Morgan fingerprint density at radius 1 is 1.29 bits per heavy atom. The number of para-hydroxylation sites is 1. The maximum Gasteiger partial charge on any atom is 0.232 e. The minimum Gasteiger partial charge on any atom is -0.493 e. The van der Waals surface area contributed by atoms with Gasteiger partial charge in [0, 0.05) is 16.9 Å². The molecule has 0 aliphatic carbocycles. The maximum atomic E-state index is 12.6. The predicted molar refractivity (Wildman–Crippen MR) is 83.5 cm³/mol. The highest BCUT2D eigenvalue weighted by Gasteiger charge is 2.27. The molecular weight excluding hydrogens is 264 g/mol. The Bertz CT molecular complexity index is 682. The molecule has 2 aromatic rings. The fourth-order valence-electron chi connectivity index (χ4n) is 2.66. The van der Waals surface area contributed by atoms with Gasteiger partial charge in [-0.1, -0.05) is 18.2 Å². The minimum atomic E-state index is -0.174. The number of anilines is 2. The van der Waals surface area contributed by atoms with E-state index in [1.165, 1.54) is 0 Å². The topological polar surface area (TPSA) is 64.3 Å². The van der Waals surface area contributed by atoms with Crippen molar-refractivity contribution in [3.05, 3.63) is 53.6 Å². The number of carbonyl (C=O) groups is 1. The van der Waals surface area contributed by atoms with E-state index in [-0.39, 0.29) is 11.8 Å². The molecule has 3 N–H and O–H groups in total. The zero-order valence-corrected chi connectivity index (χ0v) is 11.9. The van der Waals surface area contributed by atoms with E-state index in [4.69, 9.17) is 10.5 Å². The highest BCUT2D eigenvalue weighted by atomic mass is 16.5. The van der Waals surface area contributed by atoms with E-state index in [2.05, 4.69) is 5.32 Å². The number of nitrogens with one attached hydrogen (secondary N) is 1. The van der Waals surface area contributed by atoms with Gasteiger partial charge >= 0.3 is 0 Å². The van der Waals surface area contributed by atoms with E-state index >= 15 is 0 Å². The molecule has 3 rings (SSSR count). The van der Waals surface area contributed by atoms with Crippen LogP contribution in [0.1, 0.15) is 23.5 Å². The Balaban J connectivity index is 1.83. The molecule has 0 bridgehead atoms. The zero-order chi connectivity index (χ0) is 14.8. The van der Waals surface area contributed by atoms with Crippen LogP contribution in [0, 0.1) is 6.92 Å². The number of fused-ring (bicyclic) bond motifs is 1. The van der Waals surface area contributed by atoms with Crippen LogP contribution < -0.4 is 15.8 Å². The highest BCUT2D eigenvalue weighted by Crippen LogP contribution is 2.34. The zero-order valence-electron chi connectivity index (χ0n) is 11.9. The van der Waals surface area contributed by atoms with Crippen molar-refractivity contribution in [2.75, 3.05) is 17.7 Å². The molecule has 4 heteroatoms. The van der Waals surface area contributed by atoms with E-state index in [9.17, 15) is 4.79 Å². The van der Waals surface area contributed by atoms with Crippen molar-refractivity contribution in [2.45, 2.75) is 19.3 Å². The molecule has 0 fully saturated rings. The van der Waals surface area contributed by atoms with Crippen LogP contribution in [-0.2, 0) is 4.79 Å². The third kappa shape index (κ3) is 2.70. The SMILES string of the molecule is Cc1cc(N)ccc1NC(=O)C1CCOc2ccccc21. The second-order valence-corrected chi connectivity index (χ2v) is 5.29. The lowest BCUT2D eigenvalue weighted by molar-refractivity contribution is -0.118. The summed E-state index contributed by atoms with van der Waals surface area (Å²) in [6.45, 7) is 2.50. The third-order valence-corrected chi connectivity index (χ3v) is 3.78. The average Bonchev–Trinajstić information content (AvgIpc) is 2.49. The fraction of sp³-hybridized carbons (Fsp3) is 0.235. The second-order valence-electron chi connectivity index (χ2n) is 5.29. The van der Waals surface area contributed by atoms with Gasteiger partial charge < -0.3 is 15.8 Å². The minimum absolute atomic E-state index is 0.00128. The van der Waals surface area contributed by atoms with Crippen LogP contribution in [0.5, 0.6) is 5.75 Å².